The van der Waals surface area contributed by atoms with Crippen LogP contribution in [0.5, 0.6) is 0 Å². The number of hydrogen-bond acceptors (Lipinski definition) is 4. The molecule has 0 spiro atoms. The van der Waals surface area contributed by atoms with E-state index in [2.05, 4.69) is 9.97 Å². The highest BCUT2D eigenvalue weighted by molar-refractivity contribution is 7.86. The van der Waals surface area contributed by atoms with Crippen molar-refractivity contribution in [1.82, 2.24) is 18.6 Å². The number of ether oxygens (including phenoxy) is 1. The Morgan fingerprint density at radius 2 is 2.10 bits per heavy atom. The molecule has 0 bridgehead atoms. The van der Waals surface area contributed by atoms with Crippen LogP contribution in [0, 0.1) is 6.92 Å². The topological polar surface area (TPSA) is 78.5 Å². The van der Waals surface area contributed by atoms with E-state index in [0.29, 0.717) is 32.8 Å². The molecule has 1 N–H and O–H groups in total. The second-order valence-electron chi connectivity index (χ2n) is 5.24. The highest BCUT2D eigenvalue weighted by Crippen LogP contribution is 2.33. The molecule has 0 aromatic carbocycles. The Balaban J connectivity index is 1.84. The van der Waals surface area contributed by atoms with E-state index in [1.807, 2.05) is 6.92 Å². The number of rotatable bonds is 3. The summed E-state index contributed by atoms with van der Waals surface area (Å²) in [7, 11) is -3.42. The van der Waals surface area contributed by atoms with Crippen molar-refractivity contribution >= 4 is 10.2 Å². The molecule has 7 nitrogen and oxygen atoms in total. The maximum atomic E-state index is 12.7. The number of nitrogens with zero attached hydrogens (tertiary/aromatic N) is 3. The molecule has 112 valence electrons. The summed E-state index contributed by atoms with van der Waals surface area (Å²) in [4.78, 5) is 7.46. The normalized spacial score (nSPS) is 26.1. The fourth-order valence-corrected chi connectivity index (χ4v) is 4.61. The van der Waals surface area contributed by atoms with E-state index in [0.717, 1.165) is 24.4 Å². The minimum absolute atomic E-state index is 0.170. The third-order valence-corrected chi connectivity index (χ3v) is 5.88. The SMILES string of the molecule is Cc1cnc([C@H]2CCCN2S(=O)(=O)N2CCOCC2)[nH]1. The molecule has 0 saturated carbocycles. The van der Waals surface area contributed by atoms with Gasteiger partial charge in [-0.1, -0.05) is 0 Å². The molecule has 8 heteroatoms. The van der Waals surface area contributed by atoms with E-state index in [9.17, 15) is 8.42 Å². The molecule has 2 fully saturated rings. The van der Waals surface area contributed by atoms with E-state index in [4.69, 9.17) is 4.74 Å². The third kappa shape index (κ3) is 2.48. The maximum absolute atomic E-state index is 12.7. The van der Waals surface area contributed by atoms with Crippen LogP contribution >= 0.6 is 0 Å². The fraction of sp³-hybridized carbons (Fsp3) is 0.750. The van der Waals surface area contributed by atoms with Crippen molar-refractivity contribution in [2.45, 2.75) is 25.8 Å². The number of imidazole rings is 1. The van der Waals surface area contributed by atoms with Crippen LogP contribution in [0.15, 0.2) is 6.20 Å². The van der Waals surface area contributed by atoms with Crippen LogP contribution in [0.3, 0.4) is 0 Å². The minimum atomic E-state index is -3.42. The van der Waals surface area contributed by atoms with Crippen molar-refractivity contribution in [3.63, 3.8) is 0 Å². The van der Waals surface area contributed by atoms with E-state index < -0.39 is 10.2 Å². The standard InChI is InChI=1S/C12H20N4O3S/c1-10-9-13-12(14-10)11-3-2-4-16(11)20(17,18)15-5-7-19-8-6-15/h9,11H,2-8H2,1H3,(H,13,14)/t11-/m1/s1. The van der Waals surface area contributed by atoms with Crippen molar-refractivity contribution in [2.75, 3.05) is 32.8 Å². The summed E-state index contributed by atoms with van der Waals surface area (Å²) in [5, 5.41) is 0. The average molecular weight is 300 g/mol. The zero-order valence-electron chi connectivity index (χ0n) is 11.6. The van der Waals surface area contributed by atoms with Crippen LogP contribution in [0.4, 0.5) is 0 Å². The first-order chi connectivity index (χ1) is 9.59. The van der Waals surface area contributed by atoms with Gasteiger partial charge in [0.1, 0.15) is 5.82 Å². The van der Waals surface area contributed by atoms with Gasteiger partial charge >= 0.3 is 0 Å². The summed E-state index contributed by atoms with van der Waals surface area (Å²) in [5.41, 5.74) is 0.954. The van der Waals surface area contributed by atoms with Gasteiger partial charge in [0.25, 0.3) is 10.2 Å². The highest BCUT2D eigenvalue weighted by Gasteiger charge is 2.40. The lowest BCUT2D eigenvalue weighted by molar-refractivity contribution is 0.0698. The molecule has 2 aliphatic rings. The molecule has 0 aliphatic carbocycles. The lowest BCUT2D eigenvalue weighted by Gasteiger charge is -2.32. The van der Waals surface area contributed by atoms with Crippen LogP contribution in [-0.2, 0) is 14.9 Å². The molecule has 1 atom stereocenters. The Kier molecular flexibility index (Phi) is 3.80. The van der Waals surface area contributed by atoms with Crippen molar-refractivity contribution in [2.24, 2.45) is 0 Å². The fourth-order valence-electron chi connectivity index (χ4n) is 2.82. The Labute approximate surface area is 119 Å². The molecule has 0 unspecified atom stereocenters. The number of hydrogen-bond donors (Lipinski definition) is 1. The molecule has 2 saturated heterocycles. The number of aromatic nitrogens is 2. The van der Waals surface area contributed by atoms with Crippen LogP contribution < -0.4 is 0 Å². The third-order valence-electron chi connectivity index (χ3n) is 3.83. The summed E-state index contributed by atoms with van der Waals surface area (Å²) in [6.07, 6.45) is 3.43. The van der Waals surface area contributed by atoms with Gasteiger partial charge in [0.2, 0.25) is 0 Å². The van der Waals surface area contributed by atoms with Gasteiger partial charge < -0.3 is 9.72 Å². The van der Waals surface area contributed by atoms with Crippen molar-refractivity contribution < 1.29 is 13.2 Å². The van der Waals surface area contributed by atoms with E-state index in [1.165, 1.54) is 4.31 Å². The first kappa shape index (κ1) is 14.0. The Hall–Kier alpha value is -0.960. The van der Waals surface area contributed by atoms with E-state index in [-0.39, 0.29) is 6.04 Å². The van der Waals surface area contributed by atoms with Crippen molar-refractivity contribution in [3.05, 3.63) is 17.7 Å². The first-order valence-electron chi connectivity index (χ1n) is 6.95. The Bertz CT molecular complexity index is 565. The first-order valence-corrected chi connectivity index (χ1v) is 8.35. The Morgan fingerprint density at radius 3 is 2.75 bits per heavy atom. The van der Waals surface area contributed by atoms with E-state index in [1.54, 1.807) is 10.5 Å². The average Bonchev–Trinajstić information content (AvgIpc) is 3.08. The van der Waals surface area contributed by atoms with Gasteiger partial charge in [-0.3, -0.25) is 0 Å². The molecule has 0 radical (unpaired) electrons. The highest BCUT2D eigenvalue weighted by atomic mass is 32.2. The molecule has 1 aromatic rings. The summed E-state index contributed by atoms with van der Waals surface area (Å²) in [6.45, 7) is 4.29. The number of aromatic amines is 1. The lowest BCUT2D eigenvalue weighted by Crippen LogP contribution is -2.48. The van der Waals surface area contributed by atoms with Gasteiger partial charge in [-0.05, 0) is 19.8 Å². The largest absolute Gasteiger partial charge is 0.379 e. The molecular formula is C12H20N4O3S. The van der Waals surface area contributed by atoms with Crippen LogP contribution in [0.2, 0.25) is 0 Å². The lowest BCUT2D eigenvalue weighted by atomic mass is 10.2. The molecule has 0 amide bonds. The van der Waals surface area contributed by atoms with Crippen molar-refractivity contribution in [1.29, 1.82) is 0 Å². The smallest absolute Gasteiger partial charge is 0.282 e. The summed E-state index contributed by atoms with van der Waals surface area (Å²) in [6, 6.07) is -0.170. The Morgan fingerprint density at radius 1 is 1.35 bits per heavy atom. The molecule has 20 heavy (non-hydrogen) atoms. The van der Waals surface area contributed by atoms with Crippen molar-refractivity contribution in [3.8, 4) is 0 Å². The number of H-pyrrole nitrogens is 1. The second-order valence-corrected chi connectivity index (χ2v) is 7.12. The van der Waals surface area contributed by atoms with Gasteiger partial charge in [-0.25, -0.2) is 4.98 Å². The molecule has 3 heterocycles. The number of aryl methyl sites for hydroxylation is 1. The minimum Gasteiger partial charge on any atom is -0.379 e. The quantitative estimate of drug-likeness (QED) is 0.878. The van der Waals surface area contributed by atoms with Gasteiger partial charge in [0, 0.05) is 31.5 Å². The second kappa shape index (κ2) is 5.44. The zero-order valence-corrected chi connectivity index (χ0v) is 12.4. The van der Waals surface area contributed by atoms with Gasteiger partial charge in [-0.2, -0.15) is 17.0 Å². The van der Waals surface area contributed by atoms with E-state index >= 15 is 0 Å². The number of nitrogens with one attached hydrogen (secondary N) is 1. The predicted octanol–water partition coefficient (Wildman–Crippen LogP) is 0.432. The van der Waals surface area contributed by atoms with Gasteiger partial charge in [0.15, 0.2) is 0 Å². The summed E-state index contributed by atoms with van der Waals surface area (Å²) < 4.78 is 33.8. The van der Waals surface area contributed by atoms with Gasteiger partial charge in [0.05, 0.1) is 19.3 Å². The van der Waals surface area contributed by atoms with Crippen LogP contribution in [-0.4, -0.2) is 59.8 Å². The van der Waals surface area contributed by atoms with Crippen LogP contribution in [0.1, 0.15) is 30.4 Å². The predicted molar refractivity (Wildman–Crippen MR) is 73.3 cm³/mol. The zero-order chi connectivity index (χ0) is 14.2. The molecular weight excluding hydrogens is 280 g/mol. The number of morpholine rings is 1. The van der Waals surface area contributed by atoms with Crippen LogP contribution in [0.25, 0.3) is 0 Å². The molecule has 3 rings (SSSR count). The maximum Gasteiger partial charge on any atom is 0.282 e. The van der Waals surface area contributed by atoms with Gasteiger partial charge in [-0.15, -0.1) is 0 Å². The molecule has 1 aromatic heterocycles. The summed E-state index contributed by atoms with van der Waals surface area (Å²) in [5.74, 6) is 0.747. The molecule has 2 aliphatic heterocycles. The monoisotopic (exact) mass is 300 g/mol. The summed E-state index contributed by atoms with van der Waals surface area (Å²) >= 11 is 0.